The van der Waals surface area contributed by atoms with E-state index in [-0.39, 0.29) is 6.04 Å². The summed E-state index contributed by atoms with van der Waals surface area (Å²) in [6.07, 6.45) is 2.10. The molecule has 0 amide bonds. The minimum Gasteiger partial charge on any atom is -0.385 e. The third-order valence-corrected chi connectivity index (χ3v) is 4.50. The molecule has 5 heteroatoms. The van der Waals surface area contributed by atoms with E-state index in [2.05, 4.69) is 19.2 Å². The first-order valence-electron chi connectivity index (χ1n) is 6.27. The number of nitrogens with one attached hydrogen (secondary N) is 1. The van der Waals surface area contributed by atoms with Crippen LogP contribution in [0.15, 0.2) is 6.07 Å². The van der Waals surface area contributed by atoms with E-state index in [4.69, 9.17) is 27.9 Å². The maximum atomic E-state index is 6.26. The lowest BCUT2D eigenvalue weighted by atomic mass is 9.93. The number of ether oxygens (including phenoxy) is 1. The Morgan fingerprint density at radius 3 is 2.67 bits per heavy atom. The molecule has 1 heterocycles. The van der Waals surface area contributed by atoms with Crippen molar-refractivity contribution in [1.82, 2.24) is 5.32 Å². The number of hydrogen-bond acceptors (Lipinski definition) is 3. The van der Waals surface area contributed by atoms with Crippen molar-refractivity contribution in [1.29, 1.82) is 0 Å². The van der Waals surface area contributed by atoms with Gasteiger partial charge in [-0.3, -0.25) is 0 Å². The second-order valence-electron chi connectivity index (χ2n) is 4.47. The topological polar surface area (TPSA) is 21.3 Å². The van der Waals surface area contributed by atoms with Crippen LogP contribution >= 0.6 is 34.5 Å². The van der Waals surface area contributed by atoms with E-state index in [1.807, 2.05) is 6.07 Å². The SMILES string of the molecule is CCCNC(c1cc(Cl)sc1Cl)C(C)CCOC. The van der Waals surface area contributed by atoms with Crippen molar-refractivity contribution in [2.24, 2.45) is 5.92 Å². The third kappa shape index (κ3) is 4.71. The van der Waals surface area contributed by atoms with Crippen molar-refractivity contribution >= 4 is 34.5 Å². The molecule has 0 spiro atoms. The number of hydrogen-bond donors (Lipinski definition) is 1. The summed E-state index contributed by atoms with van der Waals surface area (Å²) in [4.78, 5) is 0. The van der Waals surface area contributed by atoms with Crippen LogP contribution in [0.3, 0.4) is 0 Å². The van der Waals surface area contributed by atoms with Gasteiger partial charge in [0, 0.05) is 25.3 Å². The fourth-order valence-corrected chi connectivity index (χ4v) is 3.50. The molecule has 0 aromatic carbocycles. The van der Waals surface area contributed by atoms with Gasteiger partial charge in [-0.2, -0.15) is 0 Å². The second-order valence-corrected chi connectivity index (χ2v) is 6.76. The van der Waals surface area contributed by atoms with Crippen LogP contribution in [-0.2, 0) is 4.74 Å². The summed E-state index contributed by atoms with van der Waals surface area (Å²) in [7, 11) is 1.73. The molecule has 1 aromatic rings. The van der Waals surface area contributed by atoms with Gasteiger partial charge in [0.25, 0.3) is 0 Å². The molecule has 18 heavy (non-hydrogen) atoms. The van der Waals surface area contributed by atoms with E-state index in [1.165, 1.54) is 11.3 Å². The van der Waals surface area contributed by atoms with E-state index in [0.29, 0.717) is 5.92 Å². The average Bonchev–Trinajstić information content (AvgIpc) is 2.66. The highest BCUT2D eigenvalue weighted by Gasteiger charge is 2.22. The van der Waals surface area contributed by atoms with Gasteiger partial charge >= 0.3 is 0 Å². The van der Waals surface area contributed by atoms with E-state index >= 15 is 0 Å². The zero-order valence-electron chi connectivity index (χ0n) is 11.1. The van der Waals surface area contributed by atoms with Gasteiger partial charge in [-0.05, 0) is 31.4 Å². The standard InChI is InChI=1S/C13H21Cl2NOS/c1-4-6-16-12(9(2)5-7-17-3)10-8-11(14)18-13(10)15/h8-9,12,16H,4-7H2,1-3H3. The van der Waals surface area contributed by atoms with Crippen LogP contribution in [0.25, 0.3) is 0 Å². The van der Waals surface area contributed by atoms with Crippen LogP contribution in [0.5, 0.6) is 0 Å². The highest BCUT2D eigenvalue weighted by atomic mass is 35.5. The molecule has 1 aromatic heterocycles. The van der Waals surface area contributed by atoms with Crippen molar-refractivity contribution in [3.05, 3.63) is 20.3 Å². The Morgan fingerprint density at radius 2 is 2.17 bits per heavy atom. The van der Waals surface area contributed by atoms with Crippen molar-refractivity contribution in [2.75, 3.05) is 20.3 Å². The summed E-state index contributed by atoms with van der Waals surface area (Å²) in [5.74, 6) is 0.458. The van der Waals surface area contributed by atoms with Crippen LogP contribution in [0, 0.1) is 5.92 Å². The second kappa shape index (κ2) is 8.39. The summed E-state index contributed by atoms with van der Waals surface area (Å²) in [5.41, 5.74) is 1.11. The molecule has 0 aliphatic heterocycles. The first-order valence-corrected chi connectivity index (χ1v) is 7.84. The molecule has 2 atom stereocenters. The molecular weight excluding hydrogens is 289 g/mol. The van der Waals surface area contributed by atoms with E-state index in [1.54, 1.807) is 7.11 Å². The van der Waals surface area contributed by atoms with Gasteiger partial charge in [0.2, 0.25) is 0 Å². The number of rotatable bonds is 8. The van der Waals surface area contributed by atoms with E-state index in [9.17, 15) is 0 Å². The maximum Gasteiger partial charge on any atom is 0.0992 e. The fourth-order valence-electron chi connectivity index (χ4n) is 1.95. The van der Waals surface area contributed by atoms with Crippen molar-refractivity contribution in [3.8, 4) is 0 Å². The lowest BCUT2D eigenvalue weighted by Gasteiger charge is -2.25. The molecule has 0 bridgehead atoms. The van der Waals surface area contributed by atoms with Crippen LogP contribution < -0.4 is 5.32 Å². The van der Waals surface area contributed by atoms with E-state index in [0.717, 1.165) is 40.2 Å². The molecule has 1 rings (SSSR count). The Bertz CT molecular complexity index is 357. The Labute approximate surface area is 124 Å². The molecular formula is C13H21Cl2NOS. The zero-order valence-corrected chi connectivity index (χ0v) is 13.5. The molecule has 0 radical (unpaired) electrons. The smallest absolute Gasteiger partial charge is 0.0992 e. The molecule has 0 aliphatic carbocycles. The van der Waals surface area contributed by atoms with Gasteiger partial charge in [0.05, 0.1) is 8.67 Å². The zero-order chi connectivity index (χ0) is 13.5. The largest absolute Gasteiger partial charge is 0.385 e. The van der Waals surface area contributed by atoms with Gasteiger partial charge in [-0.15, -0.1) is 11.3 Å². The minimum atomic E-state index is 0.247. The summed E-state index contributed by atoms with van der Waals surface area (Å²) < 4.78 is 6.69. The van der Waals surface area contributed by atoms with E-state index < -0.39 is 0 Å². The Hall–Kier alpha value is 0.200. The quantitative estimate of drug-likeness (QED) is 0.747. The van der Waals surface area contributed by atoms with Crippen molar-refractivity contribution < 1.29 is 4.74 Å². The third-order valence-electron chi connectivity index (χ3n) is 2.98. The fraction of sp³-hybridized carbons (Fsp3) is 0.692. The van der Waals surface area contributed by atoms with Gasteiger partial charge < -0.3 is 10.1 Å². The van der Waals surface area contributed by atoms with Gasteiger partial charge in [0.1, 0.15) is 0 Å². The van der Waals surface area contributed by atoms with Crippen molar-refractivity contribution in [2.45, 2.75) is 32.7 Å². The average molecular weight is 310 g/mol. The molecule has 0 saturated carbocycles. The molecule has 1 N–H and O–H groups in total. The van der Waals surface area contributed by atoms with Gasteiger partial charge in [-0.25, -0.2) is 0 Å². The van der Waals surface area contributed by atoms with Crippen LogP contribution in [0.1, 0.15) is 38.3 Å². The normalized spacial score (nSPS) is 14.7. The summed E-state index contributed by atoms with van der Waals surface area (Å²) >= 11 is 13.7. The number of thiophene rings is 1. The first kappa shape index (κ1) is 16.3. The summed E-state index contributed by atoms with van der Waals surface area (Å²) in [6.45, 7) is 6.12. The lowest BCUT2D eigenvalue weighted by Crippen LogP contribution is -2.28. The molecule has 0 aliphatic rings. The van der Waals surface area contributed by atoms with Crippen molar-refractivity contribution in [3.63, 3.8) is 0 Å². The molecule has 2 unspecified atom stereocenters. The first-order chi connectivity index (χ1) is 8.60. The maximum absolute atomic E-state index is 6.26. The van der Waals surface area contributed by atoms with Crippen LogP contribution in [0.2, 0.25) is 8.67 Å². The highest BCUT2D eigenvalue weighted by molar-refractivity contribution is 7.20. The van der Waals surface area contributed by atoms with Crippen LogP contribution in [0.4, 0.5) is 0 Å². The Kier molecular flexibility index (Phi) is 7.57. The molecule has 2 nitrogen and oxygen atoms in total. The Balaban J connectivity index is 2.79. The molecule has 0 saturated heterocycles. The van der Waals surface area contributed by atoms with Crippen LogP contribution in [-0.4, -0.2) is 20.3 Å². The molecule has 104 valence electrons. The predicted octanol–water partition coefficient (Wildman–Crippen LogP) is 4.77. The summed E-state index contributed by atoms with van der Waals surface area (Å²) in [6, 6.07) is 2.22. The minimum absolute atomic E-state index is 0.247. The van der Waals surface area contributed by atoms with Gasteiger partial charge in [0.15, 0.2) is 0 Å². The summed E-state index contributed by atoms with van der Waals surface area (Å²) in [5, 5.41) is 3.56. The number of methoxy groups -OCH3 is 1. The predicted molar refractivity (Wildman–Crippen MR) is 81.0 cm³/mol. The Morgan fingerprint density at radius 1 is 1.44 bits per heavy atom. The lowest BCUT2D eigenvalue weighted by molar-refractivity contribution is 0.170. The van der Waals surface area contributed by atoms with Gasteiger partial charge in [-0.1, -0.05) is 37.0 Å². The molecule has 0 fully saturated rings. The number of halogens is 2. The monoisotopic (exact) mass is 309 g/mol. The highest BCUT2D eigenvalue weighted by Crippen LogP contribution is 2.38.